The van der Waals surface area contributed by atoms with E-state index in [1.807, 2.05) is 7.05 Å². The van der Waals surface area contributed by atoms with Crippen LogP contribution in [0.2, 0.25) is 0 Å². The fraction of sp³-hybridized carbons (Fsp3) is 0.692. The Morgan fingerprint density at radius 1 is 1.47 bits per heavy atom. The number of nitrogens with zero attached hydrogens (tertiary/aromatic N) is 3. The molecule has 1 amide bonds. The summed E-state index contributed by atoms with van der Waals surface area (Å²) in [5.41, 5.74) is 0.476. The van der Waals surface area contributed by atoms with E-state index in [1.165, 1.54) is 12.8 Å². The van der Waals surface area contributed by atoms with Gasteiger partial charge >= 0.3 is 0 Å². The van der Waals surface area contributed by atoms with Gasteiger partial charge < -0.3 is 14.6 Å². The molecule has 0 spiro atoms. The highest BCUT2D eigenvalue weighted by Gasteiger charge is 2.33. The second-order valence-electron chi connectivity index (χ2n) is 5.40. The molecule has 2 unspecified atom stereocenters. The van der Waals surface area contributed by atoms with Crippen LogP contribution in [0.15, 0.2) is 12.5 Å². The summed E-state index contributed by atoms with van der Waals surface area (Å²) in [5, 5.41) is 2.91. The number of aromatic nitrogens is 2. The zero-order chi connectivity index (χ0) is 13.2. The number of nitrogens with one attached hydrogen (secondary N) is 1. The highest BCUT2D eigenvalue weighted by Crippen LogP contribution is 2.25. The van der Waals surface area contributed by atoms with Crippen LogP contribution in [0, 0.1) is 0 Å². The van der Waals surface area contributed by atoms with Crippen LogP contribution in [-0.2, 0) is 11.8 Å². The van der Waals surface area contributed by atoms with Gasteiger partial charge in [0.2, 0.25) is 0 Å². The highest BCUT2D eigenvalue weighted by molar-refractivity contribution is 5.91. The van der Waals surface area contributed by atoms with Crippen LogP contribution in [0.4, 0.5) is 0 Å². The minimum Gasteiger partial charge on any atom is -0.372 e. The SMILES string of the molecule is Cn1cnc(C(=O)NCCN2CC3CCC(C2)O3)c1. The maximum absolute atomic E-state index is 11.8. The van der Waals surface area contributed by atoms with Crippen LogP contribution >= 0.6 is 0 Å². The number of fused-ring (bicyclic) bond motifs is 2. The van der Waals surface area contributed by atoms with Crippen molar-refractivity contribution in [3.63, 3.8) is 0 Å². The average molecular weight is 264 g/mol. The van der Waals surface area contributed by atoms with Gasteiger partial charge in [0.25, 0.3) is 5.91 Å². The third kappa shape index (κ3) is 2.96. The second kappa shape index (κ2) is 5.30. The summed E-state index contributed by atoms with van der Waals surface area (Å²) >= 11 is 0. The number of carbonyl (C=O) groups is 1. The Kier molecular flexibility index (Phi) is 3.52. The van der Waals surface area contributed by atoms with Crippen molar-refractivity contribution in [2.24, 2.45) is 7.05 Å². The van der Waals surface area contributed by atoms with Crippen LogP contribution in [0.25, 0.3) is 0 Å². The third-order valence-electron chi connectivity index (χ3n) is 3.77. The lowest BCUT2D eigenvalue weighted by Gasteiger charge is -2.31. The van der Waals surface area contributed by atoms with Crippen LogP contribution in [0.3, 0.4) is 0 Å². The van der Waals surface area contributed by atoms with Gasteiger partial charge in [0.15, 0.2) is 0 Å². The van der Waals surface area contributed by atoms with Gasteiger partial charge in [0.1, 0.15) is 5.69 Å². The van der Waals surface area contributed by atoms with Crippen molar-refractivity contribution in [3.05, 3.63) is 18.2 Å². The molecule has 2 bridgehead atoms. The molecule has 1 aromatic heterocycles. The van der Waals surface area contributed by atoms with Crippen molar-refractivity contribution >= 4 is 5.91 Å². The molecular weight excluding hydrogens is 244 g/mol. The van der Waals surface area contributed by atoms with E-state index in [9.17, 15) is 4.79 Å². The molecule has 2 fully saturated rings. The maximum atomic E-state index is 11.8. The van der Waals surface area contributed by atoms with E-state index in [4.69, 9.17) is 4.74 Å². The van der Waals surface area contributed by atoms with Crippen LogP contribution in [-0.4, -0.2) is 58.7 Å². The normalized spacial score (nSPS) is 26.6. The molecule has 3 rings (SSSR count). The number of amides is 1. The second-order valence-corrected chi connectivity index (χ2v) is 5.40. The quantitative estimate of drug-likeness (QED) is 0.832. The van der Waals surface area contributed by atoms with E-state index in [0.717, 1.165) is 19.6 Å². The molecule has 0 aromatic carbocycles. The fourth-order valence-electron chi connectivity index (χ4n) is 2.83. The van der Waals surface area contributed by atoms with Crippen LogP contribution < -0.4 is 5.32 Å². The minimum atomic E-state index is -0.100. The first-order valence-corrected chi connectivity index (χ1v) is 6.84. The molecule has 6 heteroatoms. The highest BCUT2D eigenvalue weighted by atomic mass is 16.5. The van der Waals surface area contributed by atoms with E-state index >= 15 is 0 Å². The molecule has 1 N–H and O–H groups in total. The number of hydrogen-bond acceptors (Lipinski definition) is 4. The standard InChI is InChI=1S/C13H20N4O2/c1-16-8-12(15-9-16)13(18)14-4-5-17-6-10-2-3-11(7-17)19-10/h8-11H,2-7H2,1H3,(H,14,18). The molecule has 2 atom stereocenters. The van der Waals surface area contributed by atoms with E-state index in [0.29, 0.717) is 24.4 Å². The van der Waals surface area contributed by atoms with E-state index in [1.54, 1.807) is 17.1 Å². The van der Waals surface area contributed by atoms with Gasteiger partial charge in [-0.15, -0.1) is 0 Å². The number of aryl methyl sites for hydroxylation is 1. The molecule has 0 radical (unpaired) electrons. The monoisotopic (exact) mass is 264 g/mol. The Balaban J connectivity index is 1.42. The van der Waals surface area contributed by atoms with Crippen molar-refractivity contribution in [2.45, 2.75) is 25.0 Å². The van der Waals surface area contributed by atoms with Crippen molar-refractivity contribution in [3.8, 4) is 0 Å². The molecule has 3 heterocycles. The molecule has 2 aliphatic heterocycles. The first-order valence-electron chi connectivity index (χ1n) is 6.84. The number of ether oxygens (including phenoxy) is 1. The molecular formula is C13H20N4O2. The van der Waals surface area contributed by atoms with Gasteiger partial charge in [-0.1, -0.05) is 0 Å². The number of rotatable bonds is 4. The van der Waals surface area contributed by atoms with Gasteiger partial charge in [0, 0.05) is 39.4 Å². The van der Waals surface area contributed by atoms with E-state index in [-0.39, 0.29) is 5.91 Å². The van der Waals surface area contributed by atoms with Crippen molar-refractivity contribution in [1.82, 2.24) is 19.8 Å². The summed E-state index contributed by atoms with van der Waals surface area (Å²) in [6.07, 6.45) is 6.54. The van der Waals surface area contributed by atoms with Crippen LogP contribution in [0.1, 0.15) is 23.3 Å². The number of likely N-dealkylation sites (tertiary alicyclic amines) is 1. The van der Waals surface area contributed by atoms with Crippen molar-refractivity contribution < 1.29 is 9.53 Å². The van der Waals surface area contributed by atoms with Gasteiger partial charge in [0.05, 0.1) is 18.5 Å². The Morgan fingerprint density at radius 3 is 2.84 bits per heavy atom. The summed E-state index contributed by atoms with van der Waals surface area (Å²) in [6.45, 7) is 3.54. The summed E-state index contributed by atoms with van der Waals surface area (Å²) in [4.78, 5) is 18.2. The van der Waals surface area contributed by atoms with E-state index in [2.05, 4.69) is 15.2 Å². The average Bonchev–Trinajstić information content (AvgIpc) is 2.96. The molecule has 6 nitrogen and oxygen atoms in total. The van der Waals surface area contributed by atoms with Crippen LogP contribution in [0.5, 0.6) is 0 Å². The smallest absolute Gasteiger partial charge is 0.271 e. The van der Waals surface area contributed by atoms with Gasteiger partial charge in [-0.25, -0.2) is 4.98 Å². The molecule has 1 aromatic rings. The van der Waals surface area contributed by atoms with Gasteiger partial charge in [-0.3, -0.25) is 9.69 Å². The van der Waals surface area contributed by atoms with Crippen molar-refractivity contribution in [1.29, 1.82) is 0 Å². The lowest BCUT2D eigenvalue weighted by Crippen LogP contribution is -2.45. The summed E-state index contributed by atoms with van der Waals surface area (Å²) in [5.74, 6) is -0.100. The lowest BCUT2D eigenvalue weighted by atomic mass is 10.2. The van der Waals surface area contributed by atoms with Gasteiger partial charge in [-0.05, 0) is 12.8 Å². The predicted octanol–water partition coefficient (Wildman–Crippen LogP) is 0.0131. The molecule has 2 saturated heterocycles. The lowest BCUT2D eigenvalue weighted by molar-refractivity contribution is -0.0375. The van der Waals surface area contributed by atoms with E-state index < -0.39 is 0 Å². The first kappa shape index (κ1) is 12.6. The Morgan fingerprint density at radius 2 is 2.21 bits per heavy atom. The minimum absolute atomic E-state index is 0.100. The summed E-state index contributed by atoms with van der Waals surface area (Å²) in [7, 11) is 1.85. The maximum Gasteiger partial charge on any atom is 0.271 e. The zero-order valence-electron chi connectivity index (χ0n) is 11.2. The molecule has 19 heavy (non-hydrogen) atoms. The Bertz CT molecular complexity index is 447. The predicted molar refractivity (Wildman–Crippen MR) is 69.9 cm³/mol. The largest absolute Gasteiger partial charge is 0.372 e. The fourth-order valence-corrected chi connectivity index (χ4v) is 2.83. The molecule has 0 aliphatic carbocycles. The number of imidazole rings is 1. The number of hydrogen-bond donors (Lipinski definition) is 1. The summed E-state index contributed by atoms with van der Waals surface area (Å²) in [6, 6.07) is 0. The number of morpholine rings is 1. The molecule has 0 saturated carbocycles. The Labute approximate surface area is 112 Å². The number of carbonyl (C=O) groups excluding carboxylic acids is 1. The Hall–Kier alpha value is -1.40. The summed E-state index contributed by atoms with van der Waals surface area (Å²) < 4.78 is 7.56. The zero-order valence-corrected chi connectivity index (χ0v) is 11.2. The third-order valence-corrected chi connectivity index (χ3v) is 3.77. The van der Waals surface area contributed by atoms with Gasteiger partial charge in [-0.2, -0.15) is 0 Å². The first-order chi connectivity index (χ1) is 9.20. The molecule has 2 aliphatic rings. The topological polar surface area (TPSA) is 59.4 Å². The molecule has 104 valence electrons. The van der Waals surface area contributed by atoms with Crippen molar-refractivity contribution in [2.75, 3.05) is 26.2 Å².